The second kappa shape index (κ2) is 7.53. The zero-order chi connectivity index (χ0) is 19.6. The average Bonchev–Trinajstić information content (AvgIpc) is 3.43. The summed E-state index contributed by atoms with van der Waals surface area (Å²) in [4.78, 5) is 47.1. The molecule has 2 aromatic rings. The van der Waals surface area contributed by atoms with Crippen LogP contribution in [0.2, 0.25) is 0 Å². The number of hydrogen-bond acceptors (Lipinski definition) is 4. The SMILES string of the molecule is CC(=O)c1ccc(NC(=O)C2CC2C(=O)Nc2ccc(C(C)=O)cc2)cc1. The minimum absolute atomic E-state index is 0.0388. The number of ketones is 2. The van der Waals surface area contributed by atoms with Crippen molar-refractivity contribution in [3.05, 3.63) is 59.7 Å². The molecule has 138 valence electrons. The topological polar surface area (TPSA) is 92.3 Å². The Bertz CT molecular complexity index is 825. The van der Waals surface area contributed by atoms with E-state index in [4.69, 9.17) is 0 Å². The number of rotatable bonds is 6. The minimum atomic E-state index is -0.367. The Morgan fingerprint density at radius 3 is 1.30 bits per heavy atom. The summed E-state index contributed by atoms with van der Waals surface area (Å²) < 4.78 is 0. The molecular formula is C21H20N2O4. The number of carbonyl (C=O) groups excluding carboxylic acids is 4. The first-order valence-electron chi connectivity index (χ1n) is 8.69. The molecule has 0 aliphatic heterocycles. The van der Waals surface area contributed by atoms with Crippen molar-refractivity contribution in [3.63, 3.8) is 0 Å². The fourth-order valence-corrected chi connectivity index (χ4v) is 2.82. The number of hydrogen-bond donors (Lipinski definition) is 2. The Labute approximate surface area is 157 Å². The van der Waals surface area contributed by atoms with E-state index in [9.17, 15) is 19.2 Å². The van der Waals surface area contributed by atoms with E-state index >= 15 is 0 Å². The maximum absolute atomic E-state index is 12.3. The smallest absolute Gasteiger partial charge is 0.228 e. The van der Waals surface area contributed by atoms with Crippen molar-refractivity contribution in [2.24, 2.45) is 11.8 Å². The molecule has 1 aliphatic carbocycles. The summed E-state index contributed by atoms with van der Waals surface area (Å²) >= 11 is 0. The van der Waals surface area contributed by atoms with Gasteiger partial charge in [0, 0.05) is 22.5 Å². The standard InChI is InChI=1S/C21H20N2O4/c1-12(24)14-3-7-16(8-4-14)22-20(26)18-11-19(18)21(27)23-17-9-5-15(6-10-17)13(2)25/h3-10,18-19H,11H2,1-2H3,(H,22,26)(H,23,27). The van der Waals surface area contributed by atoms with Gasteiger partial charge >= 0.3 is 0 Å². The van der Waals surface area contributed by atoms with E-state index in [0.29, 0.717) is 28.9 Å². The van der Waals surface area contributed by atoms with Gasteiger partial charge in [0.1, 0.15) is 0 Å². The van der Waals surface area contributed by atoms with Crippen molar-refractivity contribution >= 4 is 34.8 Å². The number of benzene rings is 2. The lowest BCUT2D eigenvalue weighted by Crippen LogP contribution is -2.20. The van der Waals surface area contributed by atoms with Gasteiger partial charge in [-0.15, -0.1) is 0 Å². The highest BCUT2D eigenvalue weighted by molar-refractivity contribution is 6.03. The largest absolute Gasteiger partial charge is 0.326 e. The van der Waals surface area contributed by atoms with Crippen molar-refractivity contribution < 1.29 is 19.2 Å². The molecule has 1 saturated carbocycles. The van der Waals surface area contributed by atoms with E-state index in [1.807, 2.05) is 0 Å². The molecule has 1 aliphatic rings. The predicted octanol–water partition coefficient (Wildman–Crippen LogP) is 3.31. The maximum Gasteiger partial charge on any atom is 0.228 e. The third-order valence-electron chi connectivity index (χ3n) is 4.58. The predicted molar refractivity (Wildman–Crippen MR) is 102 cm³/mol. The molecule has 6 nitrogen and oxygen atoms in total. The van der Waals surface area contributed by atoms with Crippen molar-refractivity contribution in [1.29, 1.82) is 0 Å². The number of carbonyl (C=O) groups is 4. The molecule has 0 radical (unpaired) electrons. The van der Waals surface area contributed by atoms with E-state index in [1.54, 1.807) is 48.5 Å². The van der Waals surface area contributed by atoms with Crippen LogP contribution in [0.3, 0.4) is 0 Å². The van der Waals surface area contributed by atoms with Crippen LogP contribution in [0.4, 0.5) is 11.4 Å². The van der Waals surface area contributed by atoms with Crippen LogP contribution in [0.1, 0.15) is 41.0 Å². The van der Waals surface area contributed by atoms with E-state index < -0.39 is 0 Å². The molecule has 0 bridgehead atoms. The van der Waals surface area contributed by atoms with Gasteiger partial charge in [0.25, 0.3) is 0 Å². The number of anilines is 2. The first-order valence-corrected chi connectivity index (χ1v) is 8.69. The summed E-state index contributed by atoms with van der Waals surface area (Å²) in [5, 5.41) is 5.54. The van der Waals surface area contributed by atoms with Crippen molar-refractivity contribution in [1.82, 2.24) is 0 Å². The molecule has 27 heavy (non-hydrogen) atoms. The second-order valence-electron chi connectivity index (χ2n) is 6.69. The molecule has 2 atom stereocenters. The van der Waals surface area contributed by atoms with Crippen molar-refractivity contribution in [2.75, 3.05) is 10.6 Å². The Morgan fingerprint density at radius 1 is 0.667 bits per heavy atom. The number of amides is 2. The van der Waals surface area contributed by atoms with Crippen LogP contribution in [0.25, 0.3) is 0 Å². The van der Waals surface area contributed by atoms with Crippen LogP contribution in [-0.4, -0.2) is 23.4 Å². The summed E-state index contributed by atoms with van der Waals surface area (Å²) in [6, 6.07) is 13.3. The minimum Gasteiger partial charge on any atom is -0.326 e. The lowest BCUT2D eigenvalue weighted by molar-refractivity contribution is -0.122. The molecule has 0 heterocycles. The molecule has 0 aromatic heterocycles. The zero-order valence-corrected chi connectivity index (χ0v) is 15.1. The first kappa shape index (κ1) is 18.5. The van der Waals surface area contributed by atoms with Crippen LogP contribution >= 0.6 is 0 Å². The quantitative estimate of drug-likeness (QED) is 0.769. The normalized spacial score (nSPS) is 17.7. The molecule has 2 amide bonds. The maximum atomic E-state index is 12.3. The van der Waals surface area contributed by atoms with Gasteiger partial charge in [-0.3, -0.25) is 19.2 Å². The third-order valence-corrected chi connectivity index (χ3v) is 4.58. The van der Waals surface area contributed by atoms with Crippen LogP contribution in [0.15, 0.2) is 48.5 Å². The Balaban J connectivity index is 1.53. The van der Waals surface area contributed by atoms with Crippen molar-refractivity contribution in [3.8, 4) is 0 Å². The van der Waals surface area contributed by atoms with Crippen LogP contribution < -0.4 is 10.6 Å². The number of nitrogens with one attached hydrogen (secondary N) is 2. The first-order chi connectivity index (χ1) is 12.8. The summed E-state index contributed by atoms with van der Waals surface area (Å²) in [5.74, 6) is -1.23. The molecule has 1 fully saturated rings. The summed E-state index contributed by atoms with van der Waals surface area (Å²) in [5.41, 5.74) is 2.34. The monoisotopic (exact) mass is 364 g/mol. The molecule has 0 spiro atoms. The highest BCUT2D eigenvalue weighted by Crippen LogP contribution is 2.40. The van der Waals surface area contributed by atoms with E-state index in [2.05, 4.69) is 10.6 Å². The summed E-state index contributed by atoms with van der Waals surface area (Å²) in [6.45, 7) is 2.96. The summed E-state index contributed by atoms with van der Waals surface area (Å²) in [6.07, 6.45) is 0.495. The Hall–Kier alpha value is -3.28. The fraction of sp³-hybridized carbons (Fsp3) is 0.238. The summed E-state index contributed by atoms with van der Waals surface area (Å²) in [7, 11) is 0. The van der Waals surface area contributed by atoms with Crippen LogP contribution in [-0.2, 0) is 9.59 Å². The van der Waals surface area contributed by atoms with Gasteiger partial charge in [-0.1, -0.05) is 0 Å². The zero-order valence-electron chi connectivity index (χ0n) is 15.1. The van der Waals surface area contributed by atoms with Gasteiger partial charge in [-0.2, -0.15) is 0 Å². The van der Waals surface area contributed by atoms with E-state index in [-0.39, 0.29) is 35.2 Å². The fourth-order valence-electron chi connectivity index (χ4n) is 2.82. The molecule has 3 rings (SSSR count). The molecule has 2 aromatic carbocycles. The third kappa shape index (κ3) is 4.47. The molecule has 2 N–H and O–H groups in total. The van der Waals surface area contributed by atoms with Crippen LogP contribution in [0.5, 0.6) is 0 Å². The van der Waals surface area contributed by atoms with Crippen molar-refractivity contribution in [2.45, 2.75) is 20.3 Å². The lowest BCUT2D eigenvalue weighted by atomic mass is 10.1. The Morgan fingerprint density at radius 2 is 1.00 bits per heavy atom. The lowest BCUT2D eigenvalue weighted by Gasteiger charge is -2.07. The second-order valence-corrected chi connectivity index (χ2v) is 6.69. The molecular weight excluding hydrogens is 344 g/mol. The van der Waals surface area contributed by atoms with Gasteiger partial charge in [-0.25, -0.2) is 0 Å². The molecule has 0 saturated heterocycles. The van der Waals surface area contributed by atoms with Crippen LogP contribution in [0, 0.1) is 11.8 Å². The molecule has 2 unspecified atom stereocenters. The van der Waals surface area contributed by atoms with E-state index in [1.165, 1.54) is 13.8 Å². The Kier molecular flexibility index (Phi) is 5.16. The van der Waals surface area contributed by atoms with Gasteiger partial charge < -0.3 is 10.6 Å². The van der Waals surface area contributed by atoms with Gasteiger partial charge in [-0.05, 0) is 68.8 Å². The van der Waals surface area contributed by atoms with Gasteiger partial charge in [0.05, 0.1) is 11.8 Å². The molecule has 6 heteroatoms. The average molecular weight is 364 g/mol. The number of Topliss-reactive ketones (excluding diaryl/α,β-unsaturated/α-hetero) is 2. The highest BCUT2D eigenvalue weighted by Gasteiger charge is 2.48. The van der Waals surface area contributed by atoms with E-state index in [0.717, 1.165) is 0 Å². The highest BCUT2D eigenvalue weighted by atomic mass is 16.2. The van der Waals surface area contributed by atoms with Gasteiger partial charge in [0.15, 0.2) is 11.6 Å². The van der Waals surface area contributed by atoms with Gasteiger partial charge in [0.2, 0.25) is 11.8 Å².